The van der Waals surface area contributed by atoms with E-state index in [4.69, 9.17) is 14.2 Å². The van der Waals surface area contributed by atoms with Gasteiger partial charge in [0.2, 0.25) is 10.0 Å². The third-order valence-electron chi connectivity index (χ3n) is 4.66. The summed E-state index contributed by atoms with van der Waals surface area (Å²) >= 11 is 0. The van der Waals surface area contributed by atoms with Crippen molar-refractivity contribution >= 4 is 33.7 Å². The van der Waals surface area contributed by atoms with Gasteiger partial charge in [-0.05, 0) is 42.0 Å². The number of nitrogens with zero attached hydrogens (tertiary/aromatic N) is 1. The van der Waals surface area contributed by atoms with Crippen LogP contribution < -0.4 is 10.1 Å². The Bertz CT molecular complexity index is 1130. The van der Waals surface area contributed by atoms with E-state index >= 15 is 0 Å². The summed E-state index contributed by atoms with van der Waals surface area (Å²) in [4.78, 5) is 23.9. The molecule has 1 amide bonds. The quantitative estimate of drug-likeness (QED) is 0.457. The Morgan fingerprint density at radius 2 is 1.85 bits per heavy atom. The number of benzene rings is 2. The van der Waals surface area contributed by atoms with Gasteiger partial charge in [-0.1, -0.05) is 12.1 Å². The van der Waals surface area contributed by atoms with Crippen LogP contribution in [-0.4, -0.2) is 64.6 Å². The number of ether oxygens (including phenoxy) is 3. The van der Waals surface area contributed by atoms with Crippen molar-refractivity contribution in [3.05, 3.63) is 59.9 Å². The second-order valence-corrected chi connectivity index (χ2v) is 8.83. The Morgan fingerprint density at radius 1 is 1.15 bits per heavy atom. The molecule has 2 aromatic carbocycles. The second kappa shape index (κ2) is 11.0. The fourth-order valence-corrected chi connectivity index (χ4v) is 4.59. The van der Waals surface area contributed by atoms with Crippen LogP contribution >= 0.6 is 0 Å². The Labute approximate surface area is 190 Å². The standard InChI is InChI=1S/C22H23FN2O7S/c1-30-19-8-7-18(14-20(19)33(28,29)25-10-12-31-13-11-25)24-21(26)15-32-22(27)9-4-16-2-5-17(23)6-3-16/h2-9,14H,10-13,15H2,1H3,(H,24,26)/b9-4+. The number of hydrogen-bond acceptors (Lipinski definition) is 7. The summed E-state index contributed by atoms with van der Waals surface area (Å²) in [6.07, 6.45) is 2.53. The molecule has 176 valence electrons. The molecule has 0 aromatic heterocycles. The highest BCUT2D eigenvalue weighted by Crippen LogP contribution is 2.30. The van der Waals surface area contributed by atoms with Crippen molar-refractivity contribution in [2.45, 2.75) is 4.90 Å². The lowest BCUT2D eigenvalue weighted by Crippen LogP contribution is -2.40. The molecule has 2 aromatic rings. The summed E-state index contributed by atoms with van der Waals surface area (Å²) in [6, 6.07) is 9.67. The van der Waals surface area contributed by atoms with E-state index in [1.807, 2.05) is 0 Å². The zero-order valence-electron chi connectivity index (χ0n) is 17.8. The Balaban J connectivity index is 1.61. The predicted octanol–water partition coefficient (Wildman–Crippen LogP) is 2.05. The third-order valence-corrected chi connectivity index (χ3v) is 6.58. The van der Waals surface area contributed by atoms with Gasteiger partial charge in [0.1, 0.15) is 16.5 Å². The normalized spacial score (nSPS) is 14.7. The molecule has 0 radical (unpaired) electrons. The average Bonchev–Trinajstić information content (AvgIpc) is 2.83. The average molecular weight is 478 g/mol. The molecule has 11 heteroatoms. The minimum absolute atomic E-state index is 0.0936. The Morgan fingerprint density at radius 3 is 2.52 bits per heavy atom. The van der Waals surface area contributed by atoms with Crippen molar-refractivity contribution in [2.24, 2.45) is 0 Å². The van der Waals surface area contributed by atoms with Crippen LogP contribution in [0.3, 0.4) is 0 Å². The number of halogens is 1. The van der Waals surface area contributed by atoms with E-state index in [0.717, 1.165) is 6.08 Å². The maximum Gasteiger partial charge on any atom is 0.331 e. The molecule has 1 heterocycles. The Kier molecular flexibility index (Phi) is 8.15. The summed E-state index contributed by atoms with van der Waals surface area (Å²) in [7, 11) is -2.51. The first-order valence-electron chi connectivity index (χ1n) is 9.96. The van der Waals surface area contributed by atoms with Crippen molar-refractivity contribution in [3.8, 4) is 5.75 Å². The van der Waals surface area contributed by atoms with Crippen LogP contribution in [0.4, 0.5) is 10.1 Å². The minimum Gasteiger partial charge on any atom is -0.495 e. The van der Waals surface area contributed by atoms with Crippen LogP contribution in [0.2, 0.25) is 0 Å². The lowest BCUT2D eigenvalue weighted by molar-refractivity contribution is -0.142. The summed E-state index contributed by atoms with van der Waals surface area (Å²) in [5.74, 6) is -1.68. The van der Waals surface area contributed by atoms with Crippen molar-refractivity contribution in [1.29, 1.82) is 0 Å². The molecule has 1 saturated heterocycles. The molecule has 9 nitrogen and oxygen atoms in total. The molecule has 0 unspecified atom stereocenters. The summed E-state index contributed by atoms with van der Waals surface area (Å²) in [6.45, 7) is 0.426. The number of carbonyl (C=O) groups excluding carboxylic acids is 2. The zero-order chi connectivity index (χ0) is 23.8. The molecular formula is C22H23FN2O7S. The Hall–Kier alpha value is -3.28. The molecule has 0 spiro atoms. The molecule has 3 rings (SSSR count). The molecule has 1 fully saturated rings. The van der Waals surface area contributed by atoms with Gasteiger partial charge in [-0.25, -0.2) is 17.6 Å². The number of sulfonamides is 1. The monoisotopic (exact) mass is 478 g/mol. The number of nitrogens with one attached hydrogen (secondary N) is 1. The first-order valence-corrected chi connectivity index (χ1v) is 11.4. The number of carbonyl (C=O) groups is 2. The highest BCUT2D eigenvalue weighted by Gasteiger charge is 2.29. The van der Waals surface area contributed by atoms with Gasteiger partial charge in [0.05, 0.1) is 20.3 Å². The number of esters is 1. The van der Waals surface area contributed by atoms with Gasteiger partial charge in [-0.2, -0.15) is 4.31 Å². The summed E-state index contributed by atoms with van der Waals surface area (Å²) in [5.41, 5.74) is 0.788. The molecule has 1 aliphatic heterocycles. The number of hydrogen-bond donors (Lipinski definition) is 1. The topological polar surface area (TPSA) is 111 Å². The van der Waals surface area contributed by atoms with E-state index in [0.29, 0.717) is 18.8 Å². The number of methoxy groups -OCH3 is 1. The van der Waals surface area contributed by atoms with Crippen molar-refractivity contribution in [3.63, 3.8) is 0 Å². The van der Waals surface area contributed by atoms with E-state index in [-0.39, 0.29) is 29.4 Å². The number of anilines is 1. The molecule has 1 aliphatic rings. The van der Waals surface area contributed by atoms with E-state index in [1.165, 1.54) is 60.0 Å². The van der Waals surface area contributed by atoms with Crippen LogP contribution in [0.15, 0.2) is 53.4 Å². The van der Waals surface area contributed by atoms with Crippen LogP contribution in [0, 0.1) is 5.82 Å². The maximum atomic E-state index is 13.0. The lowest BCUT2D eigenvalue weighted by Gasteiger charge is -2.26. The lowest BCUT2D eigenvalue weighted by atomic mass is 10.2. The molecule has 33 heavy (non-hydrogen) atoms. The number of morpholine rings is 1. The maximum absolute atomic E-state index is 13.0. The fourth-order valence-electron chi connectivity index (χ4n) is 3.00. The van der Waals surface area contributed by atoms with Crippen LogP contribution in [-0.2, 0) is 29.1 Å². The first kappa shape index (κ1) is 24.4. The van der Waals surface area contributed by atoms with Gasteiger partial charge in [-0.15, -0.1) is 0 Å². The molecule has 0 aliphatic carbocycles. The molecule has 0 atom stereocenters. The van der Waals surface area contributed by atoms with E-state index in [1.54, 1.807) is 0 Å². The molecule has 0 bridgehead atoms. The molecular weight excluding hydrogens is 455 g/mol. The van der Waals surface area contributed by atoms with Gasteiger partial charge in [0, 0.05) is 24.9 Å². The van der Waals surface area contributed by atoms with Gasteiger partial charge < -0.3 is 19.5 Å². The zero-order valence-corrected chi connectivity index (χ0v) is 18.6. The highest BCUT2D eigenvalue weighted by molar-refractivity contribution is 7.89. The smallest absolute Gasteiger partial charge is 0.331 e. The van der Waals surface area contributed by atoms with E-state index < -0.39 is 34.3 Å². The van der Waals surface area contributed by atoms with Crippen molar-refractivity contribution in [1.82, 2.24) is 4.31 Å². The molecule has 0 saturated carbocycles. The number of rotatable bonds is 8. The van der Waals surface area contributed by atoms with Crippen LogP contribution in [0.25, 0.3) is 6.08 Å². The van der Waals surface area contributed by atoms with Crippen LogP contribution in [0.1, 0.15) is 5.56 Å². The van der Waals surface area contributed by atoms with Gasteiger partial charge in [-0.3, -0.25) is 4.79 Å². The van der Waals surface area contributed by atoms with Gasteiger partial charge >= 0.3 is 5.97 Å². The summed E-state index contributed by atoms with van der Waals surface area (Å²) in [5, 5.41) is 2.50. The van der Waals surface area contributed by atoms with Gasteiger partial charge in [0.25, 0.3) is 5.91 Å². The third kappa shape index (κ3) is 6.60. The number of amides is 1. The van der Waals surface area contributed by atoms with Crippen molar-refractivity contribution in [2.75, 3.05) is 45.3 Å². The van der Waals surface area contributed by atoms with E-state index in [9.17, 15) is 22.4 Å². The summed E-state index contributed by atoms with van der Waals surface area (Å²) < 4.78 is 55.5. The molecule has 1 N–H and O–H groups in total. The SMILES string of the molecule is COc1ccc(NC(=O)COC(=O)/C=C/c2ccc(F)cc2)cc1S(=O)(=O)N1CCOCC1. The highest BCUT2D eigenvalue weighted by atomic mass is 32.2. The van der Waals surface area contributed by atoms with E-state index in [2.05, 4.69) is 5.32 Å². The largest absolute Gasteiger partial charge is 0.495 e. The second-order valence-electron chi connectivity index (χ2n) is 6.92. The van der Waals surface area contributed by atoms with Gasteiger partial charge in [0.15, 0.2) is 6.61 Å². The first-order chi connectivity index (χ1) is 15.8. The predicted molar refractivity (Wildman–Crippen MR) is 118 cm³/mol. The van der Waals surface area contributed by atoms with Crippen molar-refractivity contribution < 1.29 is 36.6 Å². The minimum atomic E-state index is -3.87. The fraction of sp³-hybridized carbons (Fsp3) is 0.273. The van der Waals surface area contributed by atoms with Crippen LogP contribution in [0.5, 0.6) is 5.75 Å².